The summed E-state index contributed by atoms with van der Waals surface area (Å²) < 4.78 is 13.1. The molecule has 0 aromatic carbocycles. The standard InChI is InChI=1S/C24H27N7O2/c1-15-9-22(25)29-16(2)19(15)11-28-24-20-13-31(30-21(20)5-7-26-24)12-17-3-4-23(27-10-17)33-18-6-8-32-14-18/h3-5,7,9-10,13,18H,6,8,11-12,14H2,1-2H3,(H2,25,29)(H,26,28). The number of nitrogens with two attached hydrogens (primary N) is 1. The molecular formula is C24H27N7O2. The van der Waals surface area contributed by atoms with Gasteiger partial charge in [-0.05, 0) is 42.7 Å². The Morgan fingerprint density at radius 3 is 2.91 bits per heavy atom. The molecule has 4 aromatic heterocycles. The summed E-state index contributed by atoms with van der Waals surface area (Å²) in [6.45, 7) is 6.60. The van der Waals surface area contributed by atoms with E-state index in [0.29, 0.717) is 31.4 Å². The number of aryl methyl sites for hydroxylation is 2. The molecule has 3 N–H and O–H groups in total. The Kier molecular flexibility index (Phi) is 5.78. The molecule has 5 heterocycles. The van der Waals surface area contributed by atoms with Gasteiger partial charge in [0.15, 0.2) is 0 Å². The Balaban J connectivity index is 1.29. The van der Waals surface area contributed by atoms with Crippen LogP contribution in [0.3, 0.4) is 0 Å². The Labute approximate surface area is 192 Å². The second-order valence-corrected chi connectivity index (χ2v) is 8.31. The van der Waals surface area contributed by atoms with Crippen molar-refractivity contribution in [2.24, 2.45) is 0 Å². The number of hydrogen-bond acceptors (Lipinski definition) is 8. The fraction of sp³-hybridized carbons (Fsp3) is 0.333. The SMILES string of the molecule is Cc1cc(N)nc(C)c1CNc1nccc2nn(Cc3ccc(OC4CCOC4)nc3)cc12. The van der Waals surface area contributed by atoms with Crippen LogP contribution in [0.25, 0.3) is 10.9 Å². The third kappa shape index (κ3) is 4.73. The summed E-state index contributed by atoms with van der Waals surface area (Å²) in [5.41, 5.74) is 10.9. The number of pyridine rings is 3. The molecule has 0 bridgehead atoms. The van der Waals surface area contributed by atoms with Crippen molar-refractivity contribution in [3.63, 3.8) is 0 Å². The molecule has 4 aromatic rings. The minimum atomic E-state index is 0.0924. The molecule has 1 saturated heterocycles. The van der Waals surface area contributed by atoms with Crippen molar-refractivity contribution < 1.29 is 9.47 Å². The number of aromatic nitrogens is 5. The molecular weight excluding hydrogens is 418 g/mol. The van der Waals surface area contributed by atoms with Crippen LogP contribution < -0.4 is 15.8 Å². The first kappa shape index (κ1) is 21.1. The first-order valence-corrected chi connectivity index (χ1v) is 11.0. The fourth-order valence-corrected chi connectivity index (χ4v) is 4.08. The van der Waals surface area contributed by atoms with E-state index in [1.807, 2.05) is 55.2 Å². The van der Waals surface area contributed by atoms with E-state index < -0.39 is 0 Å². The Morgan fingerprint density at radius 2 is 2.15 bits per heavy atom. The lowest BCUT2D eigenvalue weighted by Crippen LogP contribution is -2.16. The highest BCUT2D eigenvalue weighted by Gasteiger charge is 2.17. The Morgan fingerprint density at radius 1 is 1.24 bits per heavy atom. The molecule has 0 radical (unpaired) electrons. The summed E-state index contributed by atoms with van der Waals surface area (Å²) in [6.07, 6.45) is 6.60. The minimum Gasteiger partial charge on any atom is -0.472 e. The fourth-order valence-electron chi connectivity index (χ4n) is 4.08. The van der Waals surface area contributed by atoms with Crippen LogP contribution in [0.1, 0.15) is 28.8 Å². The van der Waals surface area contributed by atoms with E-state index in [9.17, 15) is 0 Å². The van der Waals surface area contributed by atoms with Gasteiger partial charge in [-0.25, -0.2) is 15.0 Å². The van der Waals surface area contributed by atoms with Gasteiger partial charge < -0.3 is 20.5 Å². The normalized spacial score (nSPS) is 15.8. The number of anilines is 2. The monoisotopic (exact) mass is 445 g/mol. The largest absolute Gasteiger partial charge is 0.472 e. The highest BCUT2D eigenvalue weighted by molar-refractivity contribution is 5.88. The van der Waals surface area contributed by atoms with Crippen LogP contribution in [0.4, 0.5) is 11.6 Å². The van der Waals surface area contributed by atoms with Crippen LogP contribution in [0.15, 0.2) is 42.9 Å². The number of nitrogen functional groups attached to an aromatic ring is 1. The first-order valence-electron chi connectivity index (χ1n) is 11.0. The van der Waals surface area contributed by atoms with E-state index in [1.165, 1.54) is 0 Å². The van der Waals surface area contributed by atoms with Gasteiger partial charge in [-0.3, -0.25) is 4.68 Å². The van der Waals surface area contributed by atoms with E-state index >= 15 is 0 Å². The molecule has 1 unspecified atom stereocenters. The Hall–Kier alpha value is -3.72. The molecule has 0 amide bonds. The molecule has 9 nitrogen and oxygen atoms in total. The van der Waals surface area contributed by atoms with E-state index in [1.54, 1.807) is 6.20 Å². The van der Waals surface area contributed by atoms with Crippen molar-refractivity contribution >= 4 is 22.5 Å². The summed E-state index contributed by atoms with van der Waals surface area (Å²) in [5, 5.41) is 9.11. The highest BCUT2D eigenvalue weighted by atomic mass is 16.5. The summed E-state index contributed by atoms with van der Waals surface area (Å²) in [5.74, 6) is 1.95. The van der Waals surface area contributed by atoms with Crippen molar-refractivity contribution in [2.75, 3.05) is 24.3 Å². The van der Waals surface area contributed by atoms with Crippen molar-refractivity contribution in [3.8, 4) is 5.88 Å². The average molecular weight is 446 g/mol. The molecule has 0 saturated carbocycles. The number of hydrogen-bond donors (Lipinski definition) is 2. The Bertz CT molecular complexity index is 1240. The summed E-state index contributed by atoms with van der Waals surface area (Å²) in [7, 11) is 0. The molecule has 1 aliphatic heterocycles. The topological polar surface area (TPSA) is 113 Å². The van der Waals surface area contributed by atoms with Gasteiger partial charge in [0.05, 0.1) is 30.7 Å². The van der Waals surface area contributed by atoms with Crippen LogP contribution in [-0.2, 0) is 17.8 Å². The maximum Gasteiger partial charge on any atom is 0.213 e. The molecule has 0 spiro atoms. The average Bonchev–Trinajstić information content (AvgIpc) is 3.44. The van der Waals surface area contributed by atoms with E-state index in [2.05, 4.69) is 20.3 Å². The zero-order valence-corrected chi connectivity index (χ0v) is 18.8. The van der Waals surface area contributed by atoms with Crippen LogP contribution in [0.2, 0.25) is 0 Å². The summed E-state index contributed by atoms with van der Waals surface area (Å²) in [4.78, 5) is 13.3. The van der Waals surface area contributed by atoms with Gasteiger partial charge in [-0.1, -0.05) is 6.07 Å². The lowest BCUT2D eigenvalue weighted by Gasteiger charge is -2.12. The molecule has 1 aliphatic rings. The zero-order valence-electron chi connectivity index (χ0n) is 18.8. The number of fused-ring (bicyclic) bond motifs is 1. The van der Waals surface area contributed by atoms with Crippen LogP contribution >= 0.6 is 0 Å². The van der Waals surface area contributed by atoms with Crippen LogP contribution in [-0.4, -0.2) is 44.1 Å². The van der Waals surface area contributed by atoms with Crippen LogP contribution in [0, 0.1) is 13.8 Å². The highest BCUT2D eigenvalue weighted by Crippen LogP contribution is 2.23. The smallest absolute Gasteiger partial charge is 0.213 e. The maximum absolute atomic E-state index is 5.85. The van der Waals surface area contributed by atoms with Gasteiger partial charge in [0.25, 0.3) is 0 Å². The first-order chi connectivity index (χ1) is 16.0. The quantitative estimate of drug-likeness (QED) is 0.446. The van der Waals surface area contributed by atoms with Crippen LogP contribution in [0.5, 0.6) is 5.88 Å². The van der Waals surface area contributed by atoms with E-state index in [-0.39, 0.29) is 6.10 Å². The molecule has 0 aliphatic carbocycles. The lowest BCUT2D eigenvalue weighted by atomic mass is 10.1. The molecule has 1 fully saturated rings. The predicted octanol–water partition coefficient (Wildman–Crippen LogP) is 3.25. The maximum atomic E-state index is 5.85. The minimum absolute atomic E-state index is 0.0924. The molecule has 33 heavy (non-hydrogen) atoms. The molecule has 5 rings (SSSR count). The molecule has 170 valence electrons. The second kappa shape index (κ2) is 9.03. The molecule has 9 heteroatoms. The van der Waals surface area contributed by atoms with Crippen molar-refractivity contribution in [1.29, 1.82) is 0 Å². The number of nitrogens with one attached hydrogen (secondary N) is 1. The van der Waals surface area contributed by atoms with E-state index in [4.69, 9.17) is 20.3 Å². The summed E-state index contributed by atoms with van der Waals surface area (Å²) in [6, 6.07) is 7.72. The van der Waals surface area contributed by atoms with Gasteiger partial charge in [-0.2, -0.15) is 5.10 Å². The van der Waals surface area contributed by atoms with Gasteiger partial charge in [0.1, 0.15) is 17.7 Å². The van der Waals surface area contributed by atoms with Gasteiger partial charge >= 0.3 is 0 Å². The van der Waals surface area contributed by atoms with E-state index in [0.717, 1.165) is 52.1 Å². The van der Waals surface area contributed by atoms with Gasteiger partial charge in [-0.15, -0.1) is 0 Å². The summed E-state index contributed by atoms with van der Waals surface area (Å²) >= 11 is 0. The van der Waals surface area contributed by atoms with Gasteiger partial charge in [0.2, 0.25) is 5.88 Å². The second-order valence-electron chi connectivity index (χ2n) is 8.31. The van der Waals surface area contributed by atoms with Crippen molar-refractivity contribution in [3.05, 3.63) is 65.2 Å². The lowest BCUT2D eigenvalue weighted by molar-refractivity contribution is 0.138. The molecule has 1 atom stereocenters. The zero-order chi connectivity index (χ0) is 22.8. The van der Waals surface area contributed by atoms with Crippen molar-refractivity contribution in [1.82, 2.24) is 24.7 Å². The van der Waals surface area contributed by atoms with Crippen molar-refractivity contribution in [2.45, 2.75) is 39.5 Å². The number of rotatable bonds is 7. The number of nitrogens with zero attached hydrogens (tertiary/aromatic N) is 5. The van der Waals surface area contributed by atoms with Gasteiger partial charge in [0, 0.05) is 43.3 Å². The third-order valence-electron chi connectivity index (χ3n) is 5.81. The predicted molar refractivity (Wildman–Crippen MR) is 126 cm³/mol. The third-order valence-corrected chi connectivity index (χ3v) is 5.81. The number of ether oxygens (including phenoxy) is 2.